The summed E-state index contributed by atoms with van der Waals surface area (Å²) in [6.07, 6.45) is 1.23. The van der Waals surface area contributed by atoms with Crippen LogP contribution in [0.2, 0.25) is 0 Å². The molecule has 0 aliphatic heterocycles. The Labute approximate surface area is 114 Å². The fourth-order valence-electron chi connectivity index (χ4n) is 2.00. The minimum absolute atomic E-state index is 0.486. The largest absolute Gasteiger partial charge is 0.494 e. The van der Waals surface area contributed by atoms with Gasteiger partial charge in [0.25, 0.3) is 0 Å². The highest BCUT2D eigenvalue weighted by molar-refractivity contribution is 5.71. The number of aliphatic hydroxyl groups is 1. The molecule has 0 heterocycles. The molecule has 4 heteroatoms. The van der Waals surface area contributed by atoms with Crippen molar-refractivity contribution >= 4 is 5.97 Å². The van der Waals surface area contributed by atoms with Crippen LogP contribution in [0.25, 0.3) is 0 Å². The molecule has 0 spiro atoms. The highest BCUT2D eigenvalue weighted by Gasteiger charge is 2.27. The molecule has 0 saturated heterocycles. The van der Waals surface area contributed by atoms with E-state index in [4.69, 9.17) is 4.74 Å². The van der Waals surface area contributed by atoms with E-state index in [2.05, 4.69) is 0 Å². The summed E-state index contributed by atoms with van der Waals surface area (Å²) in [5.41, 5.74) is 0.618. The molecule has 1 aromatic carbocycles. The maximum absolute atomic E-state index is 11.2. The first-order valence-corrected chi connectivity index (χ1v) is 6.73. The molecular formula is C15H22O4. The zero-order chi connectivity index (χ0) is 14.3. The Morgan fingerprint density at radius 1 is 1.26 bits per heavy atom. The van der Waals surface area contributed by atoms with Gasteiger partial charge in [-0.15, -0.1) is 0 Å². The number of benzene rings is 1. The SMILES string of the molecule is CCCCC(C(=O)O)C(O)c1ccc(OCC)cc1. The van der Waals surface area contributed by atoms with Gasteiger partial charge in [0, 0.05) is 0 Å². The van der Waals surface area contributed by atoms with Gasteiger partial charge in [-0.1, -0.05) is 31.9 Å². The molecule has 19 heavy (non-hydrogen) atoms. The van der Waals surface area contributed by atoms with E-state index in [9.17, 15) is 15.0 Å². The van der Waals surface area contributed by atoms with Crippen molar-refractivity contribution in [2.75, 3.05) is 6.61 Å². The van der Waals surface area contributed by atoms with E-state index in [0.717, 1.165) is 18.6 Å². The predicted molar refractivity (Wildman–Crippen MR) is 73.2 cm³/mol. The van der Waals surface area contributed by atoms with Gasteiger partial charge in [0.15, 0.2) is 0 Å². The molecule has 2 N–H and O–H groups in total. The summed E-state index contributed by atoms with van der Waals surface area (Å²) in [5.74, 6) is -0.980. The first kappa shape index (κ1) is 15.5. The third-order valence-corrected chi connectivity index (χ3v) is 3.10. The zero-order valence-electron chi connectivity index (χ0n) is 11.5. The number of carboxylic acids is 1. The quantitative estimate of drug-likeness (QED) is 0.759. The van der Waals surface area contributed by atoms with Crippen molar-refractivity contribution in [1.29, 1.82) is 0 Å². The van der Waals surface area contributed by atoms with Crippen LogP contribution in [0, 0.1) is 5.92 Å². The second-order valence-corrected chi connectivity index (χ2v) is 4.53. The van der Waals surface area contributed by atoms with E-state index in [1.807, 2.05) is 13.8 Å². The molecule has 1 aromatic rings. The van der Waals surface area contributed by atoms with Gasteiger partial charge in [0.05, 0.1) is 18.6 Å². The topological polar surface area (TPSA) is 66.8 Å². The van der Waals surface area contributed by atoms with Crippen molar-refractivity contribution in [3.8, 4) is 5.75 Å². The van der Waals surface area contributed by atoms with Gasteiger partial charge < -0.3 is 14.9 Å². The van der Waals surface area contributed by atoms with Crippen LogP contribution in [0.3, 0.4) is 0 Å². The smallest absolute Gasteiger partial charge is 0.309 e. The van der Waals surface area contributed by atoms with E-state index in [1.54, 1.807) is 24.3 Å². The summed E-state index contributed by atoms with van der Waals surface area (Å²) in [6, 6.07) is 6.94. The van der Waals surface area contributed by atoms with Gasteiger partial charge >= 0.3 is 5.97 Å². The number of carboxylic acid groups (broad SMARTS) is 1. The molecule has 2 unspecified atom stereocenters. The third-order valence-electron chi connectivity index (χ3n) is 3.10. The summed E-state index contributed by atoms with van der Waals surface area (Å²) >= 11 is 0. The van der Waals surface area contributed by atoms with Gasteiger partial charge in [0.1, 0.15) is 5.75 Å². The van der Waals surface area contributed by atoms with Gasteiger partial charge in [-0.3, -0.25) is 4.79 Å². The standard InChI is InChI=1S/C15H22O4/c1-3-5-6-13(15(17)18)14(16)11-7-9-12(10-8-11)19-4-2/h7-10,13-14,16H,3-6H2,1-2H3,(H,17,18). The minimum Gasteiger partial charge on any atom is -0.494 e. The van der Waals surface area contributed by atoms with E-state index < -0.39 is 18.0 Å². The van der Waals surface area contributed by atoms with E-state index >= 15 is 0 Å². The lowest BCUT2D eigenvalue weighted by Gasteiger charge is -2.19. The molecule has 1 rings (SSSR count). The Hall–Kier alpha value is -1.55. The highest BCUT2D eigenvalue weighted by atomic mass is 16.5. The number of ether oxygens (including phenoxy) is 1. The van der Waals surface area contributed by atoms with Crippen LogP contribution in [0.1, 0.15) is 44.8 Å². The van der Waals surface area contributed by atoms with Crippen LogP contribution >= 0.6 is 0 Å². The lowest BCUT2D eigenvalue weighted by Crippen LogP contribution is -2.22. The van der Waals surface area contributed by atoms with Crippen LogP contribution in [0.5, 0.6) is 5.75 Å². The second kappa shape index (κ2) is 7.79. The number of unbranched alkanes of at least 4 members (excludes halogenated alkanes) is 1. The van der Waals surface area contributed by atoms with Crippen molar-refractivity contribution in [3.05, 3.63) is 29.8 Å². The zero-order valence-corrected chi connectivity index (χ0v) is 11.5. The molecule has 2 atom stereocenters. The number of carbonyl (C=O) groups is 1. The molecule has 0 aromatic heterocycles. The fraction of sp³-hybridized carbons (Fsp3) is 0.533. The normalized spacial score (nSPS) is 13.8. The van der Waals surface area contributed by atoms with Gasteiger partial charge in [-0.25, -0.2) is 0 Å². The van der Waals surface area contributed by atoms with Crippen LogP contribution in [0.15, 0.2) is 24.3 Å². The Balaban J connectivity index is 2.77. The molecule has 0 aliphatic carbocycles. The number of rotatable bonds is 8. The summed E-state index contributed by atoms with van der Waals surface area (Å²) in [7, 11) is 0. The Morgan fingerprint density at radius 3 is 2.37 bits per heavy atom. The Bertz CT molecular complexity index is 386. The predicted octanol–water partition coefficient (Wildman–Crippen LogP) is 3.01. The molecule has 106 valence electrons. The van der Waals surface area contributed by atoms with Gasteiger partial charge in [0.2, 0.25) is 0 Å². The average molecular weight is 266 g/mol. The fourth-order valence-corrected chi connectivity index (χ4v) is 2.00. The van der Waals surface area contributed by atoms with Crippen LogP contribution < -0.4 is 4.74 Å². The summed E-state index contributed by atoms with van der Waals surface area (Å²) in [6.45, 7) is 4.48. The molecule has 0 radical (unpaired) electrons. The second-order valence-electron chi connectivity index (χ2n) is 4.53. The first-order valence-electron chi connectivity index (χ1n) is 6.73. The summed E-state index contributed by atoms with van der Waals surface area (Å²) in [5, 5.41) is 19.4. The van der Waals surface area contributed by atoms with E-state index in [1.165, 1.54) is 0 Å². The van der Waals surface area contributed by atoms with Crippen molar-refractivity contribution in [2.45, 2.75) is 39.2 Å². The highest BCUT2D eigenvalue weighted by Crippen LogP contribution is 2.28. The molecule has 0 fully saturated rings. The maximum atomic E-state index is 11.2. The monoisotopic (exact) mass is 266 g/mol. The van der Waals surface area contributed by atoms with E-state index in [-0.39, 0.29) is 0 Å². The van der Waals surface area contributed by atoms with Gasteiger partial charge in [-0.05, 0) is 31.0 Å². The number of aliphatic carboxylic acids is 1. The van der Waals surface area contributed by atoms with Crippen molar-refractivity contribution < 1.29 is 19.7 Å². The Morgan fingerprint density at radius 2 is 1.89 bits per heavy atom. The van der Waals surface area contributed by atoms with E-state index in [0.29, 0.717) is 18.6 Å². The molecular weight excluding hydrogens is 244 g/mol. The summed E-state index contributed by atoms with van der Waals surface area (Å²) in [4.78, 5) is 11.2. The lowest BCUT2D eigenvalue weighted by molar-refractivity contribution is -0.146. The van der Waals surface area contributed by atoms with Crippen molar-refractivity contribution in [2.24, 2.45) is 5.92 Å². The molecule has 0 aliphatic rings. The number of hydrogen-bond acceptors (Lipinski definition) is 3. The maximum Gasteiger partial charge on any atom is 0.309 e. The first-order chi connectivity index (χ1) is 9.10. The van der Waals surface area contributed by atoms with Crippen LogP contribution in [-0.2, 0) is 4.79 Å². The molecule has 0 amide bonds. The number of hydrogen-bond donors (Lipinski definition) is 2. The molecule has 0 saturated carbocycles. The van der Waals surface area contributed by atoms with Crippen molar-refractivity contribution in [1.82, 2.24) is 0 Å². The molecule has 4 nitrogen and oxygen atoms in total. The average Bonchev–Trinajstić information content (AvgIpc) is 2.40. The lowest BCUT2D eigenvalue weighted by atomic mass is 9.91. The van der Waals surface area contributed by atoms with Crippen LogP contribution in [-0.4, -0.2) is 22.8 Å². The minimum atomic E-state index is -0.972. The summed E-state index contributed by atoms with van der Waals surface area (Å²) < 4.78 is 5.32. The third kappa shape index (κ3) is 4.56. The van der Waals surface area contributed by atoms with Crippen LogP contribution in [0.4, 0.5) is 0 Å². The Kier molecular flexibility index (Phi) is 6.36. The van der Waals surface area contributed by atoms with Gasteiger partial charge in [-0.2, -0.15) is 0 Å². The number of aliphatic hydroxyl groups excluding tert-OH is 1. The molecule has 0 bridgehead atoms. The van der Waals surface area contributed by atoms with Crippen molar-refractivity contribution in [3.63, 3.8) is 0 Å².